The first-order valence-corrected chi connectivity index (χ1v) is 9.40. The lowest BCUT2D eigenvalue weighted by Gasteiger charge is -2.05. The summed E-state index contributed by atoms with van der Waals surface area (Å²) in [6.07, 6.45) is 21.3. The number of carboxylic acids is 1. The third-order valence-electron chi connectivity index (χ3n) is 3.95. The highest BCUT2D eigenvalue weighted by atomic mass is 16.4. The van der Waals surface area contributed by atoms with E-state index in [9.17, 15) is 9.90 Å². The second-order valence-electron chi connectivity index (χ2n) is 6.28. The van der Waals surface area contributed by atoms with Crippen molar-refractivity contribution >= 4 is 5.97 Å². The van der Waals surface area contributed by atoms with Crippen LogP contribution in [-0.4, -0.2) is 22.3 Å². The monoisotopic (exact) mass is 324 g/mol. The number of carbonyl (C=O) groups is 1. The van der Waals surface area contributed by atoms with Crippen molar-refractivity contribution in [3.63, 3.8) is 0 Å². The molecule has 0 aliphatic rings. The molecule has 3 heteroatoms. The molecule has 0 aromatic carbocycles. The molecule has 134 valence electrons. The minimum absolute atomic E-state index is 0.297. The lowest BCUT2D eigenvalue weighted by Crippen LogP contribution is -2.01. The largest absolute Gasteiger partial charge is 0.481 e. The van der Waals surface area contributed by atoms with E-state index in [1.54, 1.807) is 0 Å². The summed E-state index contributed by atoms with van der Waals surface area (Å²) in [5, 5.41) is 18.4. The van der Waals surface area contributed by atoms with Crippen LogP contribution in [0.2, 0.25) is 0 Å². The lowest BCUT2D eigenvalue weighted by molar-refractivity contribution is -0.137. The topological polar surface area (TPSA) is 57.5 Å². The Balaban J connectivity index is 3.35. The first-order chi connectivity index (χ1) is 11.2. The maximum atomic E-state index is 10.4. The molecular formula is C20H36O3. The van der Waals surface area contributed by atoms with Crippen LogP contribution in [0.3, 0.4) is 0 Å². The molecule has 0 rings (SSSR count). The molecule has 0 saturated carbocycles. The third kappa shape index (κ3) is 18.9. The number of allylic oxidation sites excluding steroid dienone is 3. The van der Waals surface area contributed by atoms with Gasteiger partial charge in [-0.2, -0.15) is 0 Å². The van der Waals surface area contributed by atoms with Crippen LogP contribution in [0.4, 0.5) is 0 Å². The fourth-order valence-corrected chi connectivity index (χ4v) is 2.49. The van der Waals surface area contributed by atoms with E-state index < -0.39 is 5.97 Å². The zero-order chi connectivity index (χ0) is 17.2. The molecule has 0 fully saturated rings. The van der Waals surface area contributed by atoms with Gasteiger partial charge >= 0.3 is 5.97 Å². The summed E-state index contributed by atoms with van der Waals surface area (Å²) in [4.78, 5) is 10.4. The van der Waals surface area contributed by atoms with Crippen molar-refractivity contribution < 1.29 is 15.0 Å². The Hall–Kier alpha value is -1.09. The zero-order valence-corrected chi connectivity index (χ0v) is 14.9. The minimum Gasteiger partial charge on any atom is -0.481 e. The van der Waals surface area contributed by atoms with Gasteiger partial charge in [-0.15, -0.1) is 0 Å². The van der Waals surface area contributed by atoms with E-state index in [1.165, 1.54) is 32.1 Å². The maximum absolute atomic E-state index is 10.4. The highest BCUT2D eigenvalue weighted by Gasteiger charge is 1.99. The molecule has 0 saturated heterocycles. The van der Waals surface area contributed by atoms with E-state index in [2.05, 4.69) is 13.0 Å². The van der Waals surface area contributed by atoms with Crippen LogP contribution in [-0.2, 0) is 4.79 Å². The molecule has 0 bridgehead atoms. The van der Waals surface area contributed by atoms with Gasteiger partial charge in [-0.25, -0.2) is 0 Å². The number of carboxylic acid groups (broad SMARTS) is 1. The highest BCUT2D eigenvalue weighted by molar-refractivity contribution is 5.66. The minimum atomic E-state index is -0.692. The Morgan fingerprint density at radius 2 is 1.57 bits per heavy atom. The second-order valence-corrected chi connectivity index (χ2v) is 6.28. The van der Waals surface area contributed by atoms with Crippen molar-refractivity contribution in [3.8, 4) is 0 Å². The summed E-state index contributed by atoms with van der Waals surface area (Å²) in [6.45, 7) is 2.21. The normalized spacial score (nSPS) is 13.1. The average molecular weight is 325 g/mol. The van der Waals surface area contributed by atoms with Gasteiger partial charge in [0.1, 0.15) is 0 Å². The van der Waals surface area contributed by atoms with Crippen LogP contribution >= 0.6 is 0 Å². The van der Waals surface area contributed by atoms with Crippen LogP contribution in [0.15, 0.2) is 24.3 Å². The Labute approximate surface area is 142 Å². The Kier molecular flexibility index (Phi) is 16.4. The number of rotatable bonds is 16. The molecule has 3 nitrogen and oxygen atoms in total. The molecular weight excluding hydrogens is 288 g/mol. The number of unbranched alkanes of at least 4 members (excludes halogenated alkanes) is 9. The molecule has 0 heterocycles. The van der Waals surface area contributed by atoms with E-state index in [1.807, 2.05) is 18.2 Å². The number of hydrogen-bond donors (Lipinski definition) is 2. The SMILES string of the molecule is CCCCC/C=C\C=C/[C@@H](O)CCCCCCCCCC(=O)O. The van der Waals surface area contributed by atoms with Crippen LogP contribution in [0, 0.1) is 0 Å². The molecule has 0 aromatic rings. The van der Waals surface area contributed by atoms with Gasteiger partial charge in [0.15, 0.2) is 0 Å². The van der Waals surface area contributed by atoms with Gasteiger partial charge in [-0.05, 0) is 25.7 Å². The van der Waals surface area contributed by atoms with Crippen molar-refractivity contribution in [1.82, 2.24) is 0 Å². The quantitative estimate of drug-likeness (QED) is 0.285. The molecule has 0 aliphatic carbocycles. The number of aliphatic hydroxyl groups excluding tert-OH is 1. The van der Waals surface area contributed by atoms with Crippen LogP contribution in [0.1, 0.15) is 90.4 Å². The molecule has 1 atom stereocenters. The van der Waals surface area contributed by atoms with E-state index in [4.69, 9.17) is 5.11 Å². The summed E-state index contributed by atoms with van der Waals surface area (Å²) in [5.41, 5.74) is 0. The maximum Gasteiger partial charge on any atom is 0.303 e. The molecule has 2 N–H and O–H groups in total. The van der Waals surface area contributed by atoms with Gasteiger partial charge < -0.3 is 10.2 Å². The Morgan fingerprint density at radius 3 is 2.22 bits per heavy atom. The molecule has 0 radical (unpaired) electrons. The molecule has 0 aliphatic heterocycles. The molecule has 23 heavy (non-hydrogen) atoms. The number of aliphatic carboxylic acids is 1. The zero-order valence-electron chi connectivity index (χ0n) is 14.9. The van der Waals surface area contributed by atoms with Crippen LogP contribution in [0.5, 0.6) is 0 Å². The van der Waals surface area contributed by atoms with Crippen molar-refractivity contribution in [1.29, 1.82) is 0 Å². The summed E-state index contributed by atoms with van der Waals surface area (Å²) in [5.74, 6) is -0.692. The molecule has 0 amide bonds. The number of hydrogen-bond acceptors (Lipinski definition) is 2. The lowest BCUT2D eigenvalue weighted by atomic mass is 10.1. The fourth-order valence-electron chi connectivity index (χ4n) is 2.49. The van der Waals surface area contributed by atoms with Crippen LogP contribution < -0.4 is 0 Å². The van der Waals surface area contributed by atoms with E-state index >= 15 is 0 Å². The third-order valence-corrected chi connectivity index (χ3v) is 3.95. The van der Waals surface area contributed by atoms with Crippen molar-refractivity contribution in [2.45, 2.75) is 96.5 Å². The second kappa shape index (κ2) is 17.3. The van der Waals surface area contributed by atoms with Gasteiger partial charge in [0.05, 0.1) is 6.10 Å². The average Bonchev–Trinajstić information content (AvgIpc) is 2.52. The van der Waals surface area contributed by atoms with Crippen molar-refractivity contribution in [2.24, 2.45) is 0 Å². The van der Waals surface area contributed by atoms with Crippen molar-refractivity contribution in [2.75, 3.05) is 0 Å². The fraction of sp³-hybridized carbons (Fsp3) is 0.750. The number of aliphatic hydroxyl groups is 1. The van der Waals surface area contributed by atoms with Gasteiger partial charge in [-0.1, -0.05) is 82.6 Å². The van der Waals surface area contributed by atoms with Gasteiger partial charge in [0.25, 0.3) is 0 Å². The molecule has 0 spiro atoms. The van der Waals surface area contributed by atoms with Crippen molar-refractivity contribution in [3.05, 3.63) is 24.3 Å². The summed E-state index contributed by atoms with van der Waals surface area (Å²) in [6, 6.07) is 0. The summed E-state index contributed by atoms with van der Waals surface area (Å²) < 4.78 is 0. The molecule has 0 unspecified atom stereocenters. The van der Waals surface area contributed by atoms with E-state index in [-0.39, 0.29) is 6.10 Å². The smallest absolute Gasteiger partial charge is 0.303 e. The first-order valence-electron chi connectivity index (χ1n) is 9.40. The van der Waals surface area contributed by atoms with Gasteiger partial charge in [-0.3, -0.25) is 4.79 Å². The first kappa shape index (κ1) is 21.9. The Morgan fingerprint density at radius 1 is 0.913 bits per heavy atom. The standard InChI is InChI=1S/C20H36O3/c1-2-3-4-5-7-10-13-16-19(21)17-14-11-8-6-9-12-15-18-20(22)23/h7,10,13,16,19,21H,2-6,8-9,11-12,14-15,17-18H2,1H3,(H,22,23)/b10-7-,16-13-/t19-/m1/s1. The summed E-state index contributed by atoms with van der Waals surface area (Å²) in [7, 11) is 0. The summed E-state index contributed by atoms with van der Waals surface area (Å²) >= 11 is 0. The highest BCUT2D eigenvalue weighted by Crippen LogP contribution is 2.11. The Bertz CT molecular complexity index is 321. The predicted molar refractivity (Wildman–Crippen MR) is 97.6 cm³/mol. The van der Waals surface area contributed by atoms with Crippen LogP contribution in [0.25, 0.3) is 0 Å². The van der Waals surface area contributed by atoms with Gasteiger partial charge in [0, 0.05) is 6.42 Å². The molecule has 0 aromatic heterocycles. The van der Waals surface area contributed by atoms with E-state index in [0.717, 1.165) is 44.9 Å². The predicted octanol–water partition coefficient (Wildman–Crippen LogP) is 5.64. The van der Waals surface area contributed by atoms with Gasteiger partial charge in [0.2, 0.25) is 0 Å². The van der Waals surface area contributed by atoms with E-state index in [0.29, 0.717) is 6.42 Å².